The van der Waals surface area contributed by atoms with Crippen LogP contribution in [-0.4, -0.2) is 49.2 Å². The number of nitrogens with zero attached hydrogens (tertiary/aromatic N) is 1. The average Bonchev–Trinajstić information content (AvgIpc) is 2.48. The summed E-state index contributed by atoms with van der Waals surface area (Å²) in [6, 6.07) is 5.20. The quantitative estimate of drug-likeness (QED) is 0.878. The Morgan fingerprint density at radius 2 is 2.30 bits per heavy atom. The van der Waals surface area contributed by atoms with Crippen molar-refractivity contribution in [2.75, 3.05) is 27.2 Å². The first-order valence-electron chi connectivity index (χ1n) is 7.00. The van der Waals surface area contributed by atoms with Gasteiger partial charge in [-0.05, 0) is 38.4 Å². The van der Waals surface area contributed by atoms with Crippen LogP contribution in [0.3, 0.4) is 0 Å². The number of aromatic hydroxyl groups is 1. The summed E-state index contributed by atoms with van der Waals surface area (Å²) in [5.41, 5.74) is 0.312. The lowest BCUT2D eigenvalue weighted by Gasteiger charge is -2.36. The molecule has 1 saturated heterocycles. The number of para-hydroxylation sites is 1. The molecule has 0 spiro atoms. The molecule has 1 unspecified atom stereocenters. The minimum absolute atomic E-state index is 0.0752. The van der Waals surface area contributed by atoms with Crippen LogP contribution in [0.5, 0.6) is 11.5 Å². The number of hydrogen-bond acceptors (Lipinski definition) is 4. The van der Waals surface area contributed by atoms with E-state index in [1.807, 2.05) is 11.9 Å². The molecule has 0 saturated carbocycles. The third kappa shape index (κ3) is 2.88. The second-order valence-corrected chi connectivity index (χ2v) is 5.06. The van der Waals surface area contributed by atoms with Crippen molar-refractivity contribution in [3.8, 4) is 11.5 Å². The molecule has 1 aliphatic rings. The van der Waals surface area contributed by atoms with Gasteiger partial charge < -0.3 is 20.1 Å². The van der Waals surface area contributed by atoms with Crippen molar-refractivity contribution in [1.82, 2.24) is 10.2 Å². The Kier molecular flexibility index (Phi) is 4.84. The fourth-order valence-corrected chi connectivity index (χ4v) is 2.73. The number of amides is 1. The summed E-state index contributed by atoms with van der Waals surface area (Å²) >= 11 is 0. The predicted octanol–water partition coefficient (Wildman–Crippen LogP) is 1.61. The molecule has 0 aliphatic carbocycles. The van der Waals surface area contributed by atoms with E-state index in [0.717, 1.165) is 32.4 Å². The van der Waals surface area contributed by atoms with Crippen LogP contribution in [0, 0.1) is 0 Å². The molecular formula is C15H22N2O3. The highest BCUT2D eigenvalue weighted by molar-refractivity contribution is 5.97. The first kappa shape index (κ1) is 14.7. The van der Waals surface area contributed by atoms with Crippen molar-refractivity contribution < 1.29 is 14.6 Å². The highest BCUT2D eigenvalue weighted by atomic mass is 16.5. The van der Waals surface area contributed by atoms with Crippen LogP contribution in [0.2, 0.25) is 0 Å². The number of phenolic OH excluding ortho intramolecular Hbond substituents is 1. The van der Waals surface area contributed by atoms with E-state index in [1.165, 1.54) is 7.11 Å². The van der Waals surface area contributed by atoms with Gasteiger partial charge in [-0.3, -0.25) is 4.79 Å². The highest BCUT2D eigenvalue weighted by Crippen LogP contribution is 2.31. The highest BCUT2D eigenvalue weighted by Gasteiger charge is 2.28. The lowest BCUT2D eigenvalue weighted by Crippen LogP contribution is -2.48. The number of likely N-dealkylation sites (tertiary alicyclic amines) is 1. The number of nitrogens with one attached hydrogen (secondary N) is 1. The standard InChI is InChI=1S/C15H22N2O3/c1-16-10-11-6-3-4-9-17(11)15(19)12-7-5-8-13(20-2)14(12)18/h5,7-8,11,16,18H,3-4,6,9-10H2,1-2H3. The van der Waals surface area contributed by atoms with Gasteiger partial charge in [-0.1, -0.05) is 6.07 Å². The Morgan fingerprint density at radius 3 is 3.00 bits per heavy atom. The van der Waals surface area contributed by atoms with E-state index in [1.54, 1.807) is 18.2 Å². The van der Waals surface area contributed by atoms with Crippen LogP contribution in [0.15, 0.2) is 18.2 Å². The zero-order valence-corrected chi connectivity index (χ0v) is 12.1. The fraction of sp³-hybridized carbons (Fsp3) is 0.533. The number of benzene rings is 1. The molecule has 0 bridgehead atoms. The molecule has 0 aromatic heterocycles. The Morgan fingerprint density at radius 1 is 1.50 bits per heavy atom. The number of likely N-dealkylation sites (N-methyl/N-ethyl adjacent to an activating group) is 1. The molecule has 1 fully saturated rings. The van der Waals surface area contributed by atoms with E-state index < -0.39 is 0 Å². The second-order valence-electron chi connectivity index (χ2n) is 5.06. The van der Waals surface area contributed by atoms with E-state index in [2.05, 4.69) is 5.32 Å². The molecule has 0 radical (unpaired) electrons. The molecule has 5 heteroatoms. The van der Waals surface area contributed by atoms with Crippen LogP contribution < -0.4 is 10.1 Å². The molecule has 2 rings (SSSR count). The molecule has 20 heavy (non-hydrogen) atoms. The van der Waals surface area contributed by atoms with Crippen LogP contribution >= 0.6 is 0 Å². The van der Waals surface area contributed by atoms with Crippen molar-refractivity contribution in [2.24, 2.45) is 0 Å². The molecule has 1 aromatic carbocycles. The van der Waals surface area contributed by atoms with Gasteiger partial charge in [-0.25, -0.2) is 0 Å². The Balaban J connectivity index is 2.25. The van der Waals surface area contributed by atoms with E-state index in [0.29, 0.717) is 11.3 Å². The lowest BCUT2D eigenvalue weighted by atomic mass is 10.0. The number of piperidine rings is 1. The molecule has 1 aliphatic heterocycles. The van der Waals surface area contributed by atoms with Crippen LogP contribution in [0.4, 0.5) is 0 Å². The van der Waals surface area contributed by atoms with Gasteiger partial charge in [0, 0.05) is 19.1 Å². The molecule has 1 amide bonds. The van der Waals surface area contributed by atoms with Gasteiger partial charge in [0.15, 0.2) is 11.5 Å². The number of carbonyl (C=O) groups excluding carboxylic acids is 1. The van der Waals surface area contributed by atoms with E-state index in [4.69, 9.17) is 4.74 Å². The van der Waals surface area contributed by atoms with Crippen molar-refractivity contribution in [3.63, 3.8) is 0 Å². The van der Waals surface area contributed by atoms with Crippen LogP contribution in [-0.2, 0) is 0 Å². The summed E-state index contributed by atoms with van der Waals surface area (Å²) in [6.45, 7) is 1.51. The van der Waals surface area contributed by atoms with Gasteiger partial charge in [-0.15, -0.1) is 0 Å². The summed E-state index contributed by atoms with van der Waals surface area (Å²) in [5.74, 6) is 0.133. The first-order chi connectivity index (χ1) is 9.69. The first-order valence-corrected chi connectivity index (χ1v) is 7.00. The van der Waals surface area contributed by atoms with Crippen molar-refractivity contribution in [3.05, 3.63) is 23.8 Å². The molecule has 1 atom stereocenters. The fourth-order valence-electron chi connectivity index (χ4n) is 2.73. The number of ether oxygens (including phenoxy) is 1. The van der Waals surface area contributed by atoms with E-state index in [9.17, 15) is 9.90 Å². The van der Waals surface area contributed by atoms with Gasteiger partial charge >= 0.3 is 0 Å². The predicted molar refractivity (Wildman–Crippen MR) is 77.3 cm³/mol. The number of phenols is 1. The molecule has 110 valence electrons. The topological polar surface area (TPSA) is 61.8 Å². The maximum Gasteiger partial charge on any atom is 0.258 e. The van der Waals surface area contributed by atoms with Gasteiger partial charge in [0.2, 0.25) is 0 Å². The maximum absolute atomic E-state index is 12.7. The van der Waals surface area contributed by atoms with Crippen molar-refractivity contribution in [1.29, 1.82) is 0 Å². The van der Waals surface area contributed by atoms with E-state index in [-0.39, 0.29) is 17.7 Å². The molecule has 1 heterocycles. The normalized spacial score (nSPS) is 18.9. The summed E-state index contributed by atoms with van der Waals surface area (Å²) in [5, 5.41) is 13.2. The minimum atomic E-state index is -0.124. The minimum Gasteiger partial charge on any atom is -0.504 e. The third-order valence-corrected chi connectivity index (χ3v) is 3.78. The summed E-state index contributed by atoms with van der Waals surface area (Å²) in [6.07, 6.45) is 3.15. The SMILES string of the molecule is CNCC1CCCCN1C(=O)c1cccc(OC)c1O. The number of methoxy groups -OCH3 is 1. The van der Waals surface area contributed by atoms with Gasteiger partial charge in [0.1, 0.15) is 0 Å². The average molecular weight is 278 g/mol. The van der Waals surface area contributed by atoms with Gasteiger partial charge in [0.25, 0.3) is 5.91 Å². The Hall–Kier alpha value is -1.75. The summed E-state index contributed by atoms with van der Waals surface area (Å²) in [7, 11) is 3.37. The number of hydrogen-bond donors (Lipinski definition) is 2. The van der Waals surface area contributed by atoms with Crippen LogP contribution in [0.1, 0.15) is 29.6 Å². The third-order valence-electron chi connectivity index (χ3n) is 3.78. The molecule has 2 N–H and O–H groups in total. The lowest BCUT2D eigenvalue weighted by molar-refractivity contribution is 0.0611. The molecular weight excluding hydrogens is 256 g/mol. The Labute approximate surface area is 119 Å². The smallest absolute Gasteiger partial charge is 0.258 e. The van der Waals surface area contributed by atoms with Gasteiger partial charge in [0.05, 0.1) is 12.7 Å². The van der Waals surface area contributed by atoms with E-state index >= 15 is 0 Å². The van der Waals surface area contributed by atoms with Crippen molar-refractivity contribution >= 4 is 5.91 Å². The zero-order valence-electron chi connectivity index (χ0n) is 12.1. The largest absolute Gasteiger partial charge is 0.504 e. The molecule has 5 nitrogen and oxygen atoms in total. The van der Waals surface area contributed by atoms with Crippen molar-refractivity contribution in [2.45, 2.75) is 25.3 Å². The van der Waals surface area contributed by atoms with Crippen LogP contribution in [0.25, 0.3) is 0 Å². The monoisotopic (exact) mass is 278 g/mol. The summed E-state index contributed by atoms with van der Waals surface area (Å²) in [4.78, 5) is 14.5. The Bertz CT molecular complexity index is 474. The second kappa shape index (κ2) is 6.61. The summed E-state index contributed by atoms with van der Waals surface area (Å²) < 4.78 is 5.06. The molecule has 1 aromatic rings. The zero-order chi connectivity index (χ0) is 14.5. The van der Waals surface area contributed by atoms with Gasteiger partial charge in [-0.2, -0.15) is 0 Å². The number of rotatable bonds is 4. The number of carbonyl (C=O) groups is 1. The maximum atomic E-state index is 12.7.